The summed E-state index contributed by atoms with van der Waals surface area (Å²) in [5.41, 5.74) is 0. The second kappa shape index (κ2) is 7.70. The van der Waals surface area contributed by atoms with Crippen molar-refractivity contribution in [1.82, 2.24) is 14.8 Å². The first kappa shape index (κ1) is 17.5. The number of pyridine rings is 1. The summed E-state index contributed by atoms with van der Waals surface area (Å²) < 4.78 is 0. The van der Waals surface area contributed by atoms with Gasteiger partial charge in [-0.2, -0.15) is 0 Å². The summed E-state index contributed by atoms with van der Waals surface area (Å²) in [5, 5.41) is 0.679. The lowest BCUT2D eigenvalue weighted by Gasteiger charge is -2.39. The predicted octanol–water partition coefficient (Wildman–Crippen LogP) is 2.50. The molecule has 0 aliphatic carbocycles. The fraction of sp³-hybridized carbons (Fsp3) is 0.667. The van der Waals surface area contributed by atoms with Crippen LogP contribution in [0.3, 0.4) is 0 Å². The first-order valence-corrected chi connectivity index (χ1v) is 9.32. The number of hydrogen-bond donors (Lipinski definition) is 0. The van der Waals surface area contributed by atoms with E-state index < -0.39 is 0 Å². The zero-order valence-electron chi connectivity index (χ0n) is 14.6. The minimum atomic E-state index is 0.199. The fourth-order valence-corrected chi connectivity index (χ4v) is 3.91. The minimum absolute atomic E-state index is 0.199. The number of carbonyl (C=O) groups is 1. The summed E-state index contributed by atoms with van der Waals surface area (Å²) in [6.07, 6.45) is 3.74. The van der Waals surface area contributed by atoms with Gasteiger partial charge in [-0.05, 0) is 51.9 Å². The van der Waals surface area contributed by atoms with Gasteiger partial charge in [0.25, 0.3) is 0 Å². The van der Waals surface area contributed by atoms with Gasteiger partial charge in [-0.15, -0.1) is 0 Å². The summed E-state index contributed by atoms with van der Waals surface area (Å²) in [6, 6.07) is 4.28. The molecule has 2 saturated heterocycles. The van der Waals surface area contributed by atoms with Crippen molar-refractivity contribution >= 4 is 23.3 Å². The van der Waals surface area contributed by atoms with E-state index in [0.29, 0.717) is 17.0 Å². The van der Waals surface area contributed by atoms with Crippen molar-refractivity contribution < 1.29 is 4.79 Å². The summed E-state index contributed by atoms with van der Waals surface area (Å²) in [6.45, 7) is 9.65. The van der Waals surface area contributed by atoms with Crippen LogP contribution < -0.4 is 4.90 Å². The molecule has 2 aliphatic rings. The average molecular weight is 351 g/mol. The molecule has 0 N–H and O–H groups in total. The van der Waals surface area contributed by atoms with Gasteiger partial charge in [-0.1, -0.05) is 11.6 Å². The van der Waals surface area contributed by atoms with Gasteiger partial charge in [-0.25, -0.2) is 4.98 Å². The molecule has 0 saturated carbocycles. The third kappa shape index (κ3) is 3.83. The van der Waals surface area contributed by atoms with Crippen molar-refractivity contribution in [2.45, 2.75) is 32.7 Å². The highest BCUT2D eigenvalue weighted by Crippen LogP contribution is 2.25. The number of nitrogens with zero attached hydrogens (tertiary/aromatic N) is 4. The first-order valence-electron chi connectivity index (χ1n) is 8.94. The van der Waals surface area contributed by atoms with Crippen LogP contribution in [0.2, 0.25) is 5.02 Å². The van der Waals surface area contributed by atoms with E-state index in [9.17, 15) is 4.79 Å². The summed E-state index contributed by atoms with van der Waals surface area (Å²) >= 11 is 6.23. The Balaban J connectivity index is 1.52. The highest BCUT2D eigenvalue weighted by Gasteiger charge is 2.31. The van der Waals surface area contributed by atoms with Gasteiger partial charge in [0.1, 0.15) is 5.82 Å². The normalized spacial score (nSPS) is 20.7. The van der Waals surface area contributed by atoms with E-state index >= 15 is 0 Å². The van der Waals surface area contributed by atoms with Gasteiger partial charge >= 0.3 is 0 Å². The van der Waals surface area contributed by atoms with E-state index in [1.165, 1.54) is 0 Å². The molecule has 6 heteroatoms. The topological polar surface area (TPSA) is 39.7 Å². The molecule has 0 unspecified atom stereocenters. The maximum absolute atomic E-state index is 12.8. The quantitative estimate of drug-likeness (QED) is 0.839. The lowest BCUT2D eigenvalue weighted by atomic mass is 9.94. The molecule has 1 aromatic heterocycles. The van der Waals surface area contributed by atoms with Crippen LogP contribution in [0.5, 0.6) is 0 Å². The Kier molecular flexibility index (Phi) is 5.61. The molecule has 0 spiro atoms. The molecule has 2 fully saturated rings. The highest BCUT2D eigenvalue weighted by atomic mass is 35.5. The lowest BCUT2D eigenvalue weighted by molar-refractivity contribution is -0.137. The number of rotatable bonds is 3. The molecule has 132 valence electrons. The fourth-order valence-electron chi connectivity index (χ4n) is 3.67. The Hall–Kier alpha value is -1.33. The maximum Gasteiger partial charge on any atom is 0.225 e. The number of aromatic nitrogens is 1. The van der Waals surface area contributed by atoms with Gasteiger partial charge in [0.2, 0.25) is 5.91 Å². The van der Waals surface area contributed by atoms with Crippen LogP contribution in [0.15, 0.2) is 18.3 Å². The van der Waals surface area contributed by atoms with Gasteiger partial charge in [-0.3, -0.25) is 4.79 Å². The number of anilines is 1. The van der Waals surface area contributed by atoms with Crippen LogP contribution in [0.25, 0.3) is 0 Å². The van der Waals surface area contributed by atoms with E-state index in [4.69, 9.17) is 11.6 Å². The molecule has 0 aromatic carbocycles. The highest BCUT2D eigenvalue weighted by molar-refractivity contribution is 6.32. The van der Waals surface area contributed by atoms with Gasteiger partial charge in [0, 0.05) is 44.3 Å². The molecule has 24 heavy (non-hydrogen) atoms. The van der Waals surface area contributed by atoms with Crippen LogP contribution in [0.1, 0.15) is 26.7 Å². The van der Waals surface area contributed by atoms with Crippen molar-refractivity contribution in [2.75, 3.05) is 44.2 Å². The van der Waals surface area contributed by atoms with Crippen molar-refractivity contribution in [2.24, 2.45) is 5.92 Å². The number of piperazine rings is 1. The summed E-state index contributed by atoms with van der Waals surface area (Å²) in [7, 11) is 0. The van der Waals surface area contributed by atoms with Crippen molar-refractivity contribution in [1.29, 1.82) is 0 Å². The van der Waals surface area contributed by atoms with Crippen LogP contribution in [-0.2, 0) is 4.79 Å². The van der Waals surface area contributed by atoms with Gasteiger partial charge in [0.05, 0.1) is 5.02 Å². The monoisotopic (exact) mass is 350 g/mol. The first-order chi connectivity index (χ1) is 11.6. The SMILES string of the molecule is CC(C)N1CCC(C(=O)N2CCN(c3ncccc3Cl)CC2)CC1. The molecule has 0 bridgehead atoms. The number of likely N-dealkylation sites (tertiary alicyclic amines) is 1. The molecule has 5 nitrogen and oxygen atoms in total. The van der Waals surface area contributed by atoms with Crippen molar-refractivity contribution in [3.63, 3.8) is 0 Å². The zero-order valence-corrected chi connectivity index (χ0v) is 15.4. The zero-order chi connectivity index (χ0) is 17.1. The third-order valence-corrected chi connectivity index (χ3v) is 5.53. The van der Waals surface area contributed by atoms with E-state index in [1.54, 1.807) is 6.20 Å². The predicted molar refractivity (Wildman–Crippen MR) is 97.5 cm³/mol. The molecular weight excluding hydrogens is 324 g/mol. The Bertz CT molecular complexity index is 564. The molecule has 0 atom stereocenters. The molecule has 0 radical (unpaired) electrons. The van der Waals surface area contributed by atoms with E-state index in [1.807, 2.05) is 17.0 Å². The molecule has 2 aliphatic heterocycles. The van der Waals surface area contributed by atoms with Crippen LogP contribution >= 0.6 is 11.6 Å². The van der Waals surface area contributed by atoms with Crippen LogP contribution in [0, 0.1) is 5.92 Å². The smallest absolute Gasteiger partial charge is 0.225 e. The molecule has 1 aromatic rings. The summed E-state index contributed by atoms with van der Waals surface area (Å²) in [5.74, 6) is 1.37. The number of carbonyl (C=O) groups excluding carboxylic acids is 1. The maximum atomic E-state index is 12.8. The Morgan fingerprint density at radius 1 is 1.17 bits per heavy atom. The summed E-state index contributed by atoms with van der Waals surface area (Å²) in [4.78, 5) is 23.8. The van der Waals surface area contributed by atoms with E-state index in [-0.39, 0.29) is 5.92 Å². The Labute approximate surface area is 149 Å². The number of piperidine rings is 1. The van der Waals surface area contributed by atoms with Crippen LogP contribution in [-0.4, -0.2) is 66.0 Å². The number of hydrogen-bond acceptors (Lipinski definition) is 4. The second-order valence-corrected chi connectivity index (χ2v) is 7.43. The van der Waals surface area contributed by atoms with Crippen molar-refractivity contribution in [3.05, 3.63) is 23.4 Å². The Morgan fingerprint density at radius 3 is 2.42 bits per heavy atom. The molecule has 3 rings (SSSR count). The molecular formula is C18H27ClN4O. The van der Waals surface area contributed by atoms with E-state index in [2.05, 4.69) is 28.6 Å². The lowest BCUT2D eigenvalue weighted by Crippen LogP contribution is -2.52. The van der Waals surface area contributed by atoms with Crippen molar-refractivity contribution in [3.8, 4) is 0 Å². The van der Waals surface area contributed by atoms with Crippen LogP contribution in [0.4, 0.5) is 5.82 Å². The minimum Gasteiger partial charge on any atom is -0.352 e. The second-order valence-electron chi connectivity index (χ2n) is 7.03. The Morgan fingerprint density at radius 2 is 1.83 bits per heavy atom. The van der Waals surface area contributed by atoms with Gasteiger partial charge in [0.15, 0.2) is 0 Å². The largest absolute Gasteiger partial charge is 0.352 e. The molecule has 3 heterocycles. The number of amides is 1. The third-order valence-electron chi connectivity index (χ3n) is 5.24. The number of halogens is 1. The van der Waals surface area contributed by atoms with E-state index in [0.717, 1.165) is 57.9 Å². The standard InChI is InChI=1S/C18H27ClN4O/c1-14(2)21-8-5-15(6-9-21)18(24)23-12-10-22(11-13-23)17-16(19)4-3-7-20-17/h3-4,7,14-15H,5-6,8-13H2,1-2H3. The molecule has 1 amide bonds. The average Bonchev–Trinajstić information content (AvgIpc) is 2.62. The van der Waals surface area contributed by atoms with Gasteiger partial charge < -0.3 is 14.7 Å².